The first-order valence-electron chi connectivity index (χ1n) is 21.9. The van der Waals surface area contributed by atoms with E-state index in [4.69, 9.17) is 0 Å². The van der Waals surface area contributed by atoms with E-state index in [0.29, 0.717) is 5.41 Å². The Morgan fingerprint density at radius 2 is 0.638 bits per heavy atom. The van der Waals surface area contributed by atoms with Crippen LogP contribution in [0.25, 0.3) is 0 Å². The summed E-state index contributed by atoms with van der Waals surface area (Å²) in [5.41, 5.74) is 0.694. The molecule has 4 fully saturated rings. The van der Waals surface area contributed by atoms with Gasteiger partial charge in [-0.3, -0.25) is 0 Å². The molecule has 282 valence electrons. The SMILES string of the molecule is CC(C)C1(C(C)C)CCCC1.CC(C)C1CCC(C(C)C)CC1.CC(C)C1CCCC(C(C)C)C1.CC(C)C1CCCCC1C(C)C. The Labute approximate surface area is 301 Å². The van der Waals surface area contributed by atoms with Crippen LogP contribution in [-0.2, 0) is 0 Å². The van der Waals surface area contributed by atoms with Crippen molar-refractivity contribution in [1.29, 1.82) is 0 Å². The second-order valence-corrected chi connectivity index (χ2v) is 20.2. The van der Waals surface area contributed by atoms with Crippen molar-refractivity contribution in [2.45, 2.75) is 214 Å². The van der Waals surface area contributed by atoms with Gasteiger partial charge in [0.1, 0.15) is 0 Å². The molecule has 0 heteroatoms. The van der Waals surface area contributed by atoms with E-state index in [0.717, 1.165) is 82.9 Å². The average molecular weight is 659 g/mol. The van der Waals surface area contributed by atoms with E-state index in [1.54, 1.807) is 0 Å². The normalized spacial score (nSPS) is 29.6. The average Bonchev–Trinajstić information content (AvgIpc) is 3.54. The first kappa shape index (κ1) is 45.0. The van der Waals surface area contributed by atoms with Crippen molar-refractivity contribution < 1.29 is 0 Å². The second-order valence-electron chi connectivity index (χ2n) is 20.2. The van der Waals surface area contributed by atoms with Crippen LogP contribution in [0.4, 0.5) is 0 Å². The summed E-state index contributed by atoms with van der Waals surface area (Å²) in [6, 6.07) is 0. The van der Waals surface area contributed by atoms with Crippen LogP contribution in [-0.4, -0.2) is 0 Å². The maximum absolute atomic E-state index is 2.39. The monoisotopic (exact) mass is 659 g/mol. The predicted octanol–water partition coefficient (Wildman–Crippen LogP) is 16.2. The van der Waals surface area contributed by atoms with Crippen LogP contribution < -0.4 is 0 Å². The van der Waals surface area contributed by atoms with Crippen LogP contribution in [0.15, 0.2) is 0 Å². The van der Waals surface area contributed by atoms with Crippen LogP contribution in [0.1, 0.15) is 214 Å². The molecule has 47 heavy (non-hydrogen) atoms. The van der Waals surface area contributed by atoms with E-state index in [-0.39, 0.29) is 0 Å². The van der Waals surface area contributed by atoms with Crippen molar-refractivity contribution in [2.24, 2.45) is 88.3 Å². The molecule has 0 aliphatic heterocycles. The molecule has 4 aliphatic rings. The van der Waals surface area contributed by atoms with E-state index in [1.807, 2.05) is 0 Å². The van der Waals surface area contributed by atoms with Gasteiger partial charge in [-0.05, 0) is 146 Å². The maximum Gasteiger partial charge on any atom is -0.0251 e. The molecule has 0 amide bonds. The van der Waals surface area contributed by atoms with Gasteiger partial charge in [-0.25, -0.2) is 0 Å². The van der Waals surface area contributed by atoms with Crippen molar-refractivity contribution in [3.05, 3.63) is 0 Å². The molecule has 0 heterocycles. The Kier molecular flexibility index (Phi) is 21.8. The first-order chi connectivity index (χ1) is 21.9. The van der Waals surface area contributed by atoms with Gasteiger partial charge in [0.15, 0.2) is 0 Å². The summed E-state index contributed by atoms with van der Waals surface area (Å²) in [7, 11) is 0. The summed E-state index contributed by atoms with van der Waals surface area (Å²) in [6.07, 6.45) is 23.7. The molecule has 0 spiro atoms. The van der Waals surface area contributed by atoms with Gasteiger partial charge in [0, 0.05) is 0 Å². The van der Waals surface area contributed by atoms with Crippen LogP contribution >= 0.6 is 0 Å². The topological polar surface area (TPSA) is 0 Å². The lowest BCUT2D eigenvalue weighted by molar-refractivity contribution is 0.121. The Balaban J connectivity index is 0.000000314. The third kappa shape index (κ3) is 15.4. The number of rotatable bonds is 8. The van der Waals surface area contributed by atoms with Crippen molar-refractivity contribution in [1.82, 2.24) is 0 Å². The van der Waals surface area contributed by atoms with Crippen LogP contribution in [0, 0.1) is 88.3 Å². The van der Waals surface area contributed by atoms with Crippen molar-refractivity contribution in [2.75, 3.05) is 0 Å². The smallest absolute Gasteiger partial charge is 0.0251 e. The molecule has 4 atom stereocenters. The minimum Gasteiger partial charge on any atom is -0.0625 e. The zero-order chi connectivity index (χ0) is 35.9. The molecule has 0 aromatic carbocycles. The van der Waals surface area contributed by atoms with Gasteiger partial charge in [0.2, 0.25) is 0 Å². The second kappa shape index (κ2) is 22.7. The van der Waals surface area contributed by atoms with Crippen molar-refractivity contribution in [3.8, 4) is 0 Å². The molecule has 4 aliphatic carbocycles. The Bertz CT molecular complexity index is 680. The van der Waals surface area contributed by atoms with E-state index in [1.165, 1.54) is 103 Å². The molecule has 0 nitrogen and oxygen atoms in total. The maximum atomic E-state index is 2.39. The van der Waals surface area contributed by atoms with Gasteiger partial charge >= 0.3 is 0 Å². The molecule has 0 radical (unpaired) electrons. The minimum absolute atomic E-state index is 0.694. The molecule has 4 unspecified atom stereocenters. The van der Waals surface area contributed by atoms with Gasteiger partial charge in [-0.2, -0.15) is 0 Å². The molecular formula is C47H94. The van der Waals surface area contributed by atoms with Gasteiger partial charge in [-0.15, -0.1) is 0 Å². The fourth-order valence-corrected chi connectivity index (χ4v) is 10.7. The molecule has 4 saturated carbocycles. The molecule has 0 bridgehead atoms. The van der Waals surface area contributed by atoms with Gasteiger partial charge in [0.05, 0.1) is 0 Å². The van der Waals surface area contributed by atoms with Gasteiger partial charge in [-0.1, -0.05) is 156 Å². The quantitative estimate of drug-likeness (QED) is 0.243. The Morgan fingerprint density at radius 3 is 0.872 bits per heavy atom. The summed E-state index contributed by atoms with van der Waals surface area (Å²) >= 11 is 0. The van der Waals surface area contributed by atoms with E-state index in [2.05, 4.69) is 111 Å². The highest BCUT2D eigenvalue weighted by molar-refractivity contribution is 4.89. The fourth-order valence-electron chi connectivity index (χ4n) is 10.7. The molecule has 4 rings (SSSR count). The lowest BCUT2D eigenvalue weighted by atomic mass is 9.68. The lowest BCUT2D eigenvalue weighted by Crippen LogP contribution is -2.29. The highest BCUT2D eigenvalue weighted by atomic mass is 14.4. The summed E-state index contributed by atoms with van der Waals surface area (Å²) in [5, 5.41) is 0. The highest BCUT2D eigenvalue weighted by Gasteiger charge is 2.39. The summed E-state index contributed by atoms with van der Waals surface area (Å²) in [6.45, 7) is 38.2. The van der Waals surface area contributed by atoms with E-state index in [9.17, 15) is 0 Å². The standard InChI is InChI=1S/3C12H24.C11H22/c1-9(2)11-5-7-12(8-6-11)10(3)4;1-9(2)11-6-5-7-12(8-11)10(3)4;1-9(2)11-7-5-6-8-12(11)10(3)4;1-9(2)11(10(3)4)7-5-6-8-11/h3*9-12H,5-8H2,1-4H3;9-10H,5-8H2,1-4H3. The third-order valence-corrected chi connectivity index (χ3v) is 14.8. The van der Waals surface area contributed by atoms with Crippen LogP contribution in [0.5, 0.6) is 0 Å². The Hall–Kier alpha value is 0. The van der Waals surface area contributed by atoms with Gasteiger partial charge in [0.25, 0.3) is 0 Å². The molecule has 0 N–H and O–H groups in total. The largest absolute Gasteiger partial charge is 0.0625 e. The Morgan fingerprint density at radius 1 is 0.319 bits per heavy atom. The summed E-state index contributed by atoms with van der Waals surface area (Å²) in [4.78, 5) is 0. The van der Waals surface area contributed by atoms with Gasteiger partial charge < -0.3 is 0 Å². The zero-order valence-electron chi connectivity index (χ0n) is 35.9. The molecule has 0 aromatic heterocycles. The fraction of sp³-hybridized carbons (Fsp3) is 1.00. The first-order valence-corrected chi connectivity index (χ1v) is 21.9. The molecule has 0 aromatic rings. The predicted molar refractivity (Wildman–Crippen MR) is 216 cm³/mol. The van der Waals surface area contributed by atoms with Crippen LogP contribution in [0.2, 0.25) is 0 Å². The molecular weight excluding hydrogens is 565 g/mol. The summed E-state index contributed by atoms with van der Waals surface area (Å²) in [5.74, 6) is 13.3. The lowest BCUT2D eigenvalue weighted by Gasteiger charge is -2.37. The number of hydrogen-bond acceptors (Lipinski definition) is 0. The van der Waals surface area contributed by atoms with Crippen molar-refractivity contribution in [3.63, 3.8) is 0 Å². The van der Waals surface area contributed by atoms with E-state index < -0.39 is 0 Å². The minimum atomic E-state index is 0.694. The molecule has 0 saturated heterocycles. The zero-order valence-corrected chi connectivity index (χ0v) is 35.9. The number of hydrogen-bond donors (Lipinski definition) is 0. The third-order valence-electron chi connectivity index (χ3n) is 14.8. The highest BCUT2D eigenvalue weighted by Crippen LogP contribution is 2.49. The van der Waals surface area contributed by atoms with E-state index >= 15 is 0 Å². The van der Waals surface area contributed by atoms with Crippen molar-refractivity contribution >= 4 is 0 Å². The summed E-state index contributed by atoms with van der Waals surface area (Å²) < 4.78 is 0. The van der Waals surface area contributed by atoms with Crippen LogP contribution in [0.3, 0.4) is 0 Å².